The number of hydrogen-bond donors (Lipinski definition) is 0. The Morgan fingerprint density at radius 1 is 0.923 bits per heavy atom. The van der Waals surface area contributed by atoms with E-state index in [1.54, 1.807) is 16.7 Å². The van der Waals surface area contributed by atoms with E-state index in [0.717, 1.165) is 5.56 Å². The van der Waals surface area contributed by atoms with Crippen LogP contribution in [0.5, 0.6) is 5.75 Å². The quantitative estimate of drug-likeness (QED) is 0.850. The zero-order valence-electron chi connectivity index (χ0n) is 15.2. The molecule has 136 valence electrons. The fraction of sp³-hybridized carbons (Fsp3) is 0.333. The van der Waals surface area contributed by atoms with Gasteiger partial charge in [0.2, 0.25) is 0 Å². The number of ether oxygens (including phenoxy) is 1. The molecule has 0 aliphatic carbocycles. The van der Waals surface area contributed by atoms with E-state index in [4.69, 9.17) is 4.74 Å². The van der Waals surface area contributed by atoms with Gasteiger partial charge in [-0.15, -0.1) is 0 Å². The van der Waals surface area contributed by atoms with E-state index in [1.165, 1.54) is 0 Å². The number of rotatable bonds is 4. The van der Waals surface area contributed by atoms with Crippen molar-refractivity contribution in [2.75, 3.05) is 26.2 Å². The van der Waals surface area contributed by atoms with Crippen LogP contribution in [-0.4, -0.2) is 53.9 Å². The lowest BCUT2D eigenvalue weighted by molar-refractivity contribution is -0.139. The summed E-state index contributed by atoms with van der Waals surface area (Å²) in [6.07, 6.45) is -0.548. The first kappa shape index (κ1) is 18.0. The molecule has 2 aromatic carbocycles. The van der Waals surface area contributed by atoms with Crippen LogP contribution in [0.3, 0.4) is 0 Å². The molecule has 0 bridgehead atoms. The lowest BCUT2D eigenvalue weighted by atomic mass is 10.2. The smallest absolute Gasteiger partial charge is 0.263 e. The first-order valence-electron chi connectivity index (χ1n) is 8.91. The Kier molecular flexibility index (Phi) is 5.56. The maximum absolute atomic E-state index is 12.6. The van der Waals surface area contributed by atoms with Gasteiger partial charge >= 0.3 is 0 Å². The van der Waals surface area contributed by atoms with Crippen molar-refractivity contribution in [1.82, 2.24) is 9.80 Å². The molecule has 1 unspecified atom stereocenters. The minimum absolute atomic E-state index is 0.0155. The largest absolute Gasteiger partial charge is 0.481 e. The van der Waals surface area contributed by atoms with Gasteiger partial charge in [0.15, 0.2) is 6.10 Å². The maximum Gasteiger partial charge on any atom is 0.263 e. The van der Waals surface area contributed by atoms with Crippen LogP contribution in [0.15, 0.2) is 54.6 Å². The van der Waals surface area contributed by atoms with Crippen LogP contribution in [0, 0.1) is 6.92 Å². The average molecular weight is 352 g/mol. The molecule has 0 radical (unpaired) electrons. The second kappa shape index (κ2) is 8.04. The van der Waals surface area contributed by atoms with Gasteiger partial charge in [0.05, 0.1) is 0 Å². The van der Waals surface area contributed by atoms with Crippen molar-refractivity contribution in [1.29, 1.82) is 0 Å². The molecule has 1 heterocycles. The number of nitrogens with zero attached hydrogens (tertiary/aromatic N) is 2. The van der Waals surface area contributed by atoms with Gasteiger partial charge in [-0.05, 0) is 43.7 Å². The van der Waals surface area contributed by atoms with Crippen molar-refractivity contribution < 1.29 is 14.3 Å². The summed E-state index contributed by atoms with van der Waals surface area (Å²) in [5.74, 6) is 0.670. The highest BCUT2D eigenvalue weighted by molar-refractivity contribution is 5.94. The Labute approximate surface area is 154 Å². The summed E-state index contributed by atoms with van der Waals surface area (Å²) in [6.45, 7) is 5.89. The number of carbonyl (C=O) groups is 2. The van der Waals surface area contributed by atoms with Gasteiger partial charge < -0.3 is 14.5 Å². The number of aryl methyl sites for hydroxylation is 1. The molecule has 0 N–H and O–H groups in total. The molecule has 26 heavy (non-hydrogen) atoms. The Morgan fingerprint density at radius 2 is 1.58 bits per heavy atom. The molecule has 1 aliphatic rings. The van der Waals surface area contributed by atoms with E-state index in [9.17, 15) is 9.59 Å². The molecule has 1 atom stereocenters. The molecule has 1 saturated heterocycles. The third kappa shape index (κ3) is 4.23. The van der Waals surface area contributed by atoms with E-state index in [2.05, 4.69) is 0 Å². The number of hydrogen-bond acceptors (Lipinski definition) is 3. The maximum atomic E-state index is 12.6. The van der Waals surface area contributed by atoms with Crippen LogP contribution in [0.1, 0.15) is 22.8 Å². The van der Waals surface area contributed by atoms with Gasteiger partial charge in [-0.25, -0.2) is 0 Å². The van der Waals surface area contributed by atoms with Crippen LogP contribution in [-0.2, 0) is 4.79 Å². The standard InChI is InChI=1S/C21H24N2O3/c1-16-7-6-10-19(15-16)26-17(2)20(24)22-11-13-23(14-12-22)21(25)18-8-4-3-5-9-18/h3-10,15,17H,11-14H2,1-2H3. The zero-order valence-corrected chi connectivity index (χ0v) is 15.2. The monoisotopic (exact) mass is 352 g/mol. The van der Waals surface area contributed by atoms with Crippen molar-refractivity contribution in [2.45, 2.75) is 20.0 Å². The van der Waals surface area contributed by atoms with Gasteiger partial charge in [-0.3, -0.25) is 9.59 Å². The molecule has 1 aliphatic heterocycles. The topological polar surface area (TPSA) is 49.9 Å². The van der Waals surface area contributed by atoms with E-state index in [-0.39, 0.29) is 11.8 Å². The highest BCUT2D eigenvalue weighted by atomic mass is 16.5. The summed E-state index contributed by atoms with van der Waals surface area (Å²) in [5.41, 5.74) is 1.78. The molecular weight excluding hydrogens is 328 g/mol. The SMILES string of the molecule is Cc1cccc(OC(C)C(=O)N2CCN(C(=O)c3ccccc3)CC2)c1. The average Bonchev–Trinajstić information content (AvgIpc) is 2.67. The fourth-order valence-electron chi connectivity index (χ4n) is 3.09. The van der Waals surface area contributed by atoms with Crippen molar-refractivity contribution in [2.24, 2.45) is 0 Å². The first-order chi connectivity index (χ1) is 12.5. The number of benzene rings is 2. The predicted octanol–water partition coefficient (Wildman–Crippen LogP) is 2.75. The highest BCUT2D eigenvalue weighted by Crippen LogP contribution is 2.16. The van der Waals surface area contributed by atoms with E-state index in [1.807, 2.05) is 61.5 Å². The Morgan fingerprint density at radius 3 is 2.23 bits per heavy atom. The van der Waals surface area contributed by atoms with Crippen molar-refractivity contribution in [3.63, 3.8) is 0 Å². The summed E-state index contributed by atoms with van der Waals surface area (Å²) in [6, 6.07) is 16.9. The summed E-state index contributed by atoms with van der Waals surface area (Å²) in [4.78, 5) is 28.7. The summed E-state index contributed by atoms with van der Waals surface area (Å²) < 4.78 is 5.78. The van der Waals surface area contributed by atoms with Gasteiger partial charge in [-0.2, -0.15) is 0 Å². The Hall–Kier alpha value is -2.82. The van der Waals surface area contributed by atoms with Gasteiger partial charge in [-0.1, -0.05) is 30.3 Å². The van der Waals surface area contributed by atoms with Crippen LogP contribution in [0.2, 0.25) is 0 Å². The Bertz CT molecular complexity index is 768. The molecule has 5 heteroatoms. The second-order valence-corrected chi connectivity index (χ2v) is 6.56. The van der Waals surface area contributed by atoms with E-state index >= 15 is 0 Å². The number of amides is 2. The zero-order chi connectivity index (χ0) is 18.5. The summed E-state index contributed by atoms with van der Waals surface area (Å²) in [7, 11) is 0. The van der Waals surface area contributed by atoms with Crippen LogP contribution in [0.25, 0.3) is 0 Å². The van der Waals surface area contributed by atoms with Crippen molar-refractivity contribution >= 4 is 11.8 Å². The first-order valence-corrected chi connectivity index (χ1v) is 8.91. The molecule has 2 amide bonds. The van der Waals surface area contributed by atoms with E-state index in [0.29, 0.717) is 37.5 Å². The van der Waals surface area contributed by atoms with Crippen molar-refractivity contribution in [3.05, 3.63) is 65.7 Å². The normalized spacial score (nSPS) is 15.5. The Balaban J connectivity index is 1.54. The molecule has 2 aromatic rings. The van der Waals surface area contributed by atoms with Crippen LogP contribution >= 0.6 is 0 Å². The fourth-order valence-corrected chi connectivity index (χ4v) is 3.09. The van der Waals surface area contributed by atoms with Gasteiger partial charge in [0.25, 0.3) is 11.8 Å². The molecular formula is C21H24N2O3. The van der Waals surface area contributed by atoms with E-state index < -0.39 is 6.10 Å². The molecule has 0 spiro atoms. The lowest BCUT2D eigenvalue weighted by Crippen LogP contribution is -2.53. The minimum Gasteiger partial charge on any atom is -0.481 e. The third-order valence-electron chi connectivity index (χ3n) is 4.55. The summed E-state index contributed by atoms with van der Waals surface area (Å²) in [5, 5.41) is 0. The second-order valence-electron chi connectivity index (χ2n) is 6.56. The molecule has 0 saturated carbocycles. The molecule has 0 aromatic heterocycles. The van der Waals surface area contributed by atoms with Gasteiger partial charge in [0.1, 0.15) is 5.75 Å². The molecule has 3 rings (SSSR count). The van der Waals surface area contributed by atoms with Gasteiger partial charge in [0, 0.05) is 31.7 Å². The minimum atomic E-state index is -0.548. The lowest BCUT2D eigenvalue weighted by Gasteiger charge is -2.36. The summed E-state index contributed by atoms with van der Waals surface area (Å²) >= 11 is 0. The van der Waals surface area contributed by atoms with Crippen molar-refractivity contribution in [3.8, 4) is 5.75 Å². The van der Waals surface area contributed by atoms with Crippen LogP contribution in [0.4, 0.5) is 0 Å². The highest BCUT2D eigenvalue weighted by Gasteiger charge is 2.28. The third-order valence-corrected chi connectivity index (χ3v) is 4.55. The predicted molar refractivity (Wildman–Crippen MR) is 100 cm³/mol. The number of carbonyl (C=O) groups excluding carboxylic acids is 2. The van der Waals surface area contributed by atoms with Crippen LogP contribution < -0.4 is 4.74 Å². The number of piperazine rings is 1. The molecule has 1 fully saturated rings. The molecule has 5 nitrogen and oxygen atoms in total.